The fourth-order valence-electron chi connectivity index (χ4n) is 3.62. The van der Waals surface area contributed by atoms with Crippen molar-refractivity contribution in [1.29, 1.82) is 0 Å². The minimum atomic E-state index is -0.635. The molecule has 1 aromatic heterocycles. The third-order valence-electron chi connectivity index (χ3n) is 5.26. The molecular weight excluding hydrogens is 454 g/mol. The molecule has 3 aromatic rings. The molecule has 0 saturated carbocycles. The van der Waals surface area contributed by atoms with Gasteiger partial charge in [0.1, 0.15) is 11.4 Å². The zero-order valence-electron chi connectivity index (χ0n) is 20.3. The fraction of sp³-hybridized carbons (Fsp3) is 0.423. The summed E-state index contributed by atoms with van der Waals surface area (Å²) in [6.45, 7) is 6.25. The van der Waals surface area contributed by atoms with Crippen molar-refractivity contribution in [2.75, 3.05) is 33.4 Å². The molecule has 0 amide bonds. The lowest BCUT2D eigenvalue weighted by molar-refractivity contribution is -0.0121. The van der Waals surface area contributed by atoms with Gasteiger partial charge in [-0.3, -0.25) is 4.90 Å². The lowest BCUT2D eigenvalue weighted by Crippen LogP contribution is -2.37. The minimum Gasteiger partial charge on any atom is -0.437 e. The quantitative estimate of drug-likeness (QED) is 0.374. The maximum atomic E-state index is 10.6. The van der Waals surface area contributed by atoms with Gasteiger partial charge in [0.25, 0.3) is 0 Å². The molecule has 34 heavy (non-hydrogen) atoms. The molecule has 1 N–H and O–H groups in total. The molecule has 0 spiro atoms. The third kappa shape index (κ3) is 7.29. The number of benzene rings is 2. The van der Waals surface area contributed by atoms with Crippen LogP contribution in [-0.2, 0) is 23.1 Å². The van der Waals surface area contributed by atoms with Crippen molar-refractivity contribution in [2.45, 2.75) is 32.6 Å². The zero-order chi connectivity index (χ0) is 24.5. The van der Waals surface area contributed by atoms with Crippen molar-refractivity contribution in [1.82, 2.24) is 14.7 Å². The van der Waals surface area contributed by atoms with E-state index in [4.69, 9.17) is 30.9 Å². The fourth-order valence-corrected chi connectivity index (χ4v) is 3.79. The average molecular weight is 488 g/mol. The molecule has 0 bridgehead atoms. The molecule has 1 unspecified atom stereocenters. The Morgan fingerprint density at radius 2 is 1.79 bits per heavy atom. The second kappa shape index (κ2) is 12.9. The van der Waals surface area contributed by atoms with Crippen LogP contribution in [0.1, 0.15) is 19.4 Å². The molecule has 0 aliphatic heterocycles. The number of methoxy groups -OCH3 is 1. The minimum absolute atomic E-state index is 0.0562. The van der Waals surface area contributed by atoms with Gasteiger partial charge < -0.3 is 19.3 Å². The molecule has 1 heterocycles. The number of aliphatic hydroxyl groups is 1. The number of nitrogens with zero attached hydrogens (tertiary/aromatic N) is 3. The van der Waals surface area contributed by atoms with Crippen molar-refractivity contribution in [3.05, 3.63) is 65.2 Å². The number of halogens is 1. The number of hydrogen-bond acceptors (Lipinski definition) is 6. The topological polar surface area (TPSA) is 69.0 Å². The van der Waals surface area contributed by atoms with E-state index in [2.05, 4.69) is 4.90 Å². The summed E-state index contributed by atoms with van der Waals surface area (Å²) < 4.78 is 19.0. The summed E-state index contributed by atoms with van der Waals surface area (Å²) >= 11 is 6.38. The van der Waals surface area contributed by atoms with E-state index >= 15 is 0 Å². The predicted octanol–water partition coefficient (Wildman–Crippen LogP) is 4.77. The zero-order valence-corrected chi connectivity index (χ0v) is 21.0. The smallest absolute Gasteiger partial charge is 0.222 e. The van der Waals surface area contributed by atoms with Crippen molar-refractivity contribution in [2.24, 2.45) is 7.05 Å². The van der Waals surface area contributed by atoms with E-state index < -0.39 is 6.10 Å². The molecule has 0 saturated heterocycles. The first-order valence-corrected chi connectivity index (χ1v) is 11.8. The Bertz CT molecular complexity index is 1030. The predicted molar refractivity (Wildman–Crippen MR) is 134 cm³/mol. The highest BCUT2D eigenvalue weighted by atomic mass is 35.5. The summed E-state index contributed by atoms with van der Waals surface area (Å²) in [6.07, 6.45) is -0.579. The van der Waals surface area contributed by atoms with E-state index in [9.17, 15) is 5.11 Å². The molecule has 0 aliphatic rings. The normalized spacial score (nSPS) is 12.5. The van der Waals surface area contributed by atoms with E-state index in [0.717, 1.165) is 16.8 Å². The number of rotatable bonds is 13. The van der Waals surface area contributed by atoms with Crippen LogP contribution in [0.5, 0.6) is 11.6 Å². The van der Waals surface area contributed by atoms with Crippen LogP contribution in [0.25, 0.3) is 11.3 Å². The van der Waals surface area contributed by atoms with E-state index in [1.54, 1.807) is 17.9 Å². The first-order valence-electron chi connectivity index (χ1n) is 11.4. The van der Waals surface area contributed by atoms with Gasteiger partial charge >= 0.3 is 0 Å². The summed E-state index contributed by atoms with van der Waals surface area (Å²) in [5.41, 5.74) is 2.71. The van der Waals surface area contributed by atoms with Gasteiger partial charge in [-0.1, -0.05) is 54.1 Å². The van der Waals surface area contributed by atoms with Gasteiger partial charge in [0, 0.05) is 39.4 Å². The van der Waals surface area contributed by atoms with Gasteiger partial charge in [-0.2, -0.15) is 5.10 Å². The third-order valence-corrected chi connectivity index (χ3v) is 5.57. The van der Waals surface area contributed by atoms with Crippen LogP contribution in [0, 0.1) is 0 Å². The number of aromatic nitrogens is 2. The summed E-state index contributed by atoms with van der Waals surface area (Å²) in [5, 5.41) is 15.9. The summed E-state index contributed by atoms with van der Waals surface area (Å²) in [4.78, 5) is 2.13. The number of para-hydroxylation sites is 1. The Labute approximate surface area is 206 Å². The molecule has 1 atom stereocenters. The SMILES string of the molecule is COCCN(Cc1c(-c2ccccc2)nn(C)c1Oc1ccccc1Cl)CC(O)COC(C)C. The highest BCUT2D eigenvalue weighted by molar-refractivity contribution is 6.32. The Hall–Kier alpha value is -2.42. The van der Waals surface area contributed by atoms with Gasteiger partial charge in [-0.25, -0.2) is 4.68 Å². The lowest BCUT2D eigenvalue weighted by Gasteiger charge is -2.25. The van der Waals surface area contributed by atoms with E-state index in [1.165, 1.54) is 0 Å². The van der Waals surface area contributed by atoms with Gasteiger partial charge in [-0.05, 0) is 26.0 Å². The maximum absolute atomic E-state index is 10.6. The highest BCUT2D eigenvalue weighted by Gasteiger charge is 2.24. The number of ether oxygens (including phenoxy) is 3. The van der Waals surface area contributed by atoms with Crippen LogP contribution in [-0.4, -0.2) is 65.4 Å². The molecular formula is C26H34ClN3O4. The van der Waals surface area contributed by atoms with Crippen LogP contribution in [0.4, 0.5) is 0 Å². The van der Waals surface area contributed by atoms with Crippen LogP contribution < -0.4 is 4.74 Å². The van der Waals surface area contributed by atoms with Gasteiger partial charge in [0.15, 0.2) is 0 Å². The Morgan fingerprint density at radius 3 is 2.47 bits per heavy atom. The molecule has 0 aliphatic carbocycles. The Balaban J connectivity index is 1.95. The first kappa shape index (κ1) is 26.2. The number of hydrogen-bond donors (Lipinski definition) is 1. The largest absolute Gasteiger partial charge is 0.437 e. The summed E-state index contributed by atoms with van der Waals surface area (Å²) in [5.74, 6) is 1.16. The molecule has 0 fully saturated rings. The highest BCUT2D eigenvalue weighted by Crippen LogP contribution is 2.36. The standard InChI is InChI=1S/C26H34ClN3O4/c1-19(2)33-18-21(31)16-30(14-15-32-4)17-22-25(20-10-6-5-7-11-20)28-29(3)26(22)34-24-13-9-8-12-23(24)27/h5-13,19,21,31H,14-18H2,1-4H3. The van der Waals surface area contributed by atoms with Gasteiger partial charge in [0.2, 0.25) is 5.88 Å². The maximum Gasteiger partial charge on any atom is 0.222 e. The van der Waals surface area contributed by atoms with E-state index in [-0.39, 0.29) is 12.7 Å². The average Bonchev–Trinajstić information content (AvgIpc) is 3.13. The molecule has 184 valence electrons. The second-order valence-electron chi connectivity index (χ2n) is 8.42. The van der Waals surface area contributed by atoms with Gasteiger partial charge in [0.05, 0.1) is 36.0 Å². The lowest BCUT2D eigenvalue weighted by atomic mass is 10.1. The Morgan fingerprint density at radius 1 is 1.09 bits per heavy atom. The monoisotopic (exact) mass is 487 g/mol. The van der Waals surface area contributed by atoms with Crippen molar-refractivity contribution >= 4 is 11.6 Å². The molecule has 8 heteroatoms. The molecule has 3 rings (SSSR count). The van der Waals surface area contributed by atoms with Gasteiger partial charge in [-0.15, -0.1) is 0 Å². The summed E-state index contributed by atoms with van der Waals surface area (Å²) in [7, 11) is 3.52. The second-order valence-corrected chi connectivity index (χ2v) is 8.83. The van der Waals surface area contributed by atoms with Crippen LogP contribution in [0.2, 0.25) is 5.02 Å². The Kier molecular flexibility index (Phi) is 9.92. The summed E-state index contributed by atoms with van der Waals surface area (Å²) in [6, 6.07) is 17.4. The van der Waals surface area contributed by atoms with E-state index in [1.807, 2.05) is 69.4 Å². The van der Waals surface area contributed by atoms with Crippen LogP contribution in [0.15, 0.2) is 54.6 Å². The van der Waals surface area contributed by atoms with Crippen LogP contribution in [0.3, 0.4) is 0 Å². The van der Waals surface area contributed by atoms with Crippen molar-refractivity contribution < 1.29 is 19.3 Å². The number of aliphatic hydroxyl groups excluding tert-OH is 1. The molecule has 2 aromatic carbocycles. The molecule has 0 radical (unpaired) electrons. The first-order chi connectivity index (χ1) is 16.4. The molecule has 7 nitrogen and oxygen atoms in total. The van der Waals surface area contributed by atoms with E-state index in [0.29, 0.717) is 42.9 Å². The van der Waals surface area contributed by atoms with Crippen molar-refractivity contribution in [3.63, 3.8) is 0 Å². The van der Waals surface area contributed by atoms with Crippen molar-refractivity contribution in [3.8, 4) is 22.9 Å². The number of aryl methyl sites for hydroxylation is 1. The van der Waals surface area contributed by atoms with Crippen LogP contribution >= 0.6 is 11.6 Å².